The van der Waals surface area contributed by atoms with Crippen molar-refractivity contribution in [1.82, 2.24) is 4.90 Å². The minimum atomic E-state index is -0.684. The SMILES string of the molecule is CCN(CCOC)C(=O)[C@@H](N)Cc1ccc(O)c(O)c1. The maximum Gasteiger partial charge on any atom is 0.239 e. The Bertz CT molecular complexity index is 451. The Kier molecular flexibility index (Phi) is 6.27. The predicted octanol–water partition coefficient (Wildman–Crippen LogP) is 0.463. The fourth-order valence-electron chi connectivity index (χ4n) is 1.90. The van der Waals surface area contributed by atoms with Gasteiger partial charge in [0.1, 0.15) is 0 Å². The maximum absolute atomic E-state index is 12.2. The van der Waals surface area contributed by atoms with E-state index in [1.165, 1.54) is 12.1 Å². The van der Waals surface area contributed by atoms with Gasteiger partial charge in [-0.25, -0.2) is 0 Å². The van der Waals surface area contributed by atoms with Crippen LogP contribution in [0.5, 0.6) is 11.5 Å². The van der Waals surface area contributed by atoms with Crippen LogP contribution in [0.3, 0.4) is 0 Å². The molecule has 0 fully saturated rings. The van der Waals surface area contributed by atoms with Crippen molar-refractivity contribution in [2.24, 2.45) is 5.73 Å². The summed E-state index contributed by atoms with van der Waals surface area (Å²) in [5.74, 6) is -0.560. The Labute approximate surface area is 118 Å². The summed E-state index contributed by atoms with van der Waals surface area (Å²) in [6, 6.07) is 3.74. The monoisotopic (exact) mass is 282 g/mol. The Morgan fingerprint density at radius 2 is 2.10 bits per heavy atom. The van der Waals surface area contributed by atoms with Crippen molar-refractivity contribution in [3.05, 3.63) is 23.8 Å². The van der Waals surface area contributed by atoms with Gasteiger partial charge in [-0.15, -0.1) is 0 Å². The zero-order valence-corrected chi connectivity index (χ0v) is 11.9. The van der Waals surface area contributed by atoms with Gasteiger partial charge in [0.2, 0.25) is 5.91 Å². The quantitative estimate of drug-likeness (QED) is 0.631. The summed E-state index contributed by atoms with van der Waals surface area (Å²) < 4.78 is 4.96. The van der Waals surface area contributed by atoms with Gasteiger partial charge in [0.15, 0.2) is 11.5 Å². The van der Waals surface area contributed by atoms with E-state index in [0.717, 1.165) is 0 Å². The number of amides is 1. The number of nitrogens with two attached hydrogens (primary N) is 1. The number of methoxy groups -OCH3 is 1. The number of phenolic OH excluding ortho intramolecular Hbond substituents is 2. The van der Waals surface area contributed by atoms with Gasteiger partial charge in [-0.2, -0.15) is 0 Å². The number of nitrogens with zero attached hydrogens (tertiary/aromatic N) is 1. The first-order chi connectivity index (χ1) is 9.49. The zero-order chi connectivity index (χ0) is 15.1. The van der Waals surface area contributed by atoms with E-state index in [2.05, 4.69) is 0 Å². The van der Waals surface area contributed by atoms with Crippen molar-refractivity contribution in [3.8, 4) is 11.5 Å². The molecule has 0 bridgehead atoms. The van der Waals surface area contributed by atoms with Gasteiger partial charge < -0.3 is 25.6 Å². The standard InChI is InChI=1S/C14H22N2O4/c1-3-16(6-7-20-2)14(19)11(15)8-10-4-5-12(17)13(18)9-10/h4-5,9,11,17-18H,3,6-8,15H2,1-2H3/t11-/m0/s1. The number of likely N-dealkylation sites (N-methyl/N-ethyl adjacent to an activating group) is 1. The molecule has 1 aromatic carbocycles. The number of ether oxygens (including phenoxy) is 1. The molecule has 4 N–H and O–H groups in total. The average molecular weight is 282 g/mol. The van der Waals surface area contributed by atoms with Crippen molar-refractivity contribution in [3.63, 3.8) is 0 Å². The van der Waals surface area contributed by atoms with Crippen LogP contribution in [0.2, 0.25) is 0 Å². The van der Waals surface area contributed by atoms with Crippen molar-refractivity contribution in [1.29, 1.82) is 0 Å². The average Bonchev–Trinajstić information content (AvgIpc) is 2.43. The van der Waals surface area contributed by atoms with Crippen LogP contribution in [0.4, 0.5) is 0 Å². The Hall–Kier alpha value is -1.79. The van der Waals surface area contributed by atoms with E-state index in [0.29, 0.717) is 31.7 Å². The summed E-state index contributed by atoms with van der Waals surface area (Å²) in [6.45, 7) is 3.41. The molecule has 20 heavy (non-hydrogen) atoms. The molecule has 6 heteroatoms. The first kappa shape index (κ1) is 16.3. The number of carbonyl (C=O) groups is 1. The molecule has 0 saturated carbocycles. The van der Waals surface area contributed by atoms with Crippen molar-refractivity contribution in [2.45, 2.75) is 19.4 Å². The molecule has 1 aromatic rings. The summed E-state index contributed by atoms with van der Waals surface area (Å²) >= 11 is 0. The molecule has 1 atom stereocenters. The zero-order valence-electron chi connectivity index (χ0n) is 11.9. The van der Waals surface area contributed by atoms with E-state index in [9.17, 15) is 15.0 Å². The molecule has 0 aliphatic carbocycles. The minimum absolute atomic E-state index is 0.155. The van der Waals surface area contributed by atoms with Gasteiger partial charge in [0, 0.05) is 20.2 Å². The number of hydrogen-bond acceptors (Lipinski definition) is 5. The molecule has 0 radical (unpaired) electrons. The largest absolute Gasteiger partial charge is 0.504 e. The smallest absolute Gasteiger partial charge is 0.239 e. The van der Waals surface area contributed by atoms with Crippen LogP contribution >= 0.6 is 0 Å². The topological polar surface area (TPSA) is 96.0 Å². The highest BCUT2D eigenvalue weighted by atomic mass is 16.5. The molecule has 6 nitrogen and oxygen atoms in total. The van der Waals surface area contributed by atoms with Crippen LogP contribution in [-0.4, -0.2) is 53.9 Å². The lowest BCUT2D eigenvalue weighted by Gasteiger charge is -2.24. The third-order valence-corrected chi connectivity index (χ3v) is 3.07. The third-order valence-electron chi connectivity index (χ3n) is 3.07. The fraction of sp³-hybridized carbons (Fsp3) is 0.500. The normalized spacial score (nSPS) is 12.2. The van der Waals surface area contributed by atoms with Gasteiger partial charge in [-0.1, -0.05) is 6.07 Å². The summed E-state index contributed by atoms with van der Waals surface area (Å²) in [7, 11) is 1.58. The number of benzene rings is 1. The number of aromatic hydroxyl groups is 2. The highest BCUT2D eigenvalue weighted by molar-refractivity contribution is 5.82. The molecule has 0 unspecified atom stereocenters. The van der Waals surface area contributed by atoms with Crippen LogP contribution in [0, 0.1) is 0 Å². The second kappa shape index (κ2) is 7.72. The molecule has 0 saturated heterocycles. The molecule has 0 aliphatic heterocycles. The number of carbonyl (C=O) groups excluding carboxylic acids is 1. The van der Waals surface area contributed by atoms with E-state index in [4.69, 9.17) is 10.5 Å². The van der Waals surface area contributed by atoms with Gasteiger partial charge >= 0.3 is 0 Å². The number of hydrogen-bond donors (Lipinski definition) is 3. The maximum atomic E-state index is 12.2. The van der Waals surface area contributed by atoms with Crippen molar-refractivity contribution >= 4 is 5.91 Å². The summed E-state index contributed by atoms with van der Waals surface area (Å²) in [4.78, 5) is 13.8. The van der Waals surface area contributed by atoms with Crippen LogP contribution in [0.25, 0.3) is 0 Å². The van der Waals surface area contributed by atoms with Crippen LogP contribution in [0.1, 0.15) is 12.5 Å². The Morgan fingerprint density at radius 1 is 1.40 bits per heavy atom. The van der Waals surface area contributed by atoms with E-state index < -0.39 is 6.04 Å². The molecule has 0 spiro atoms. The second-order valence-electron chi connectivity index (χ2n) is 4.54. The summed E-state index contributed by atoms with van der Waals surface area (Å²) in [5.41, 5.74) is 6.61. The summed E-state index contributed by atoms with van der Waals surface area (Å²) in [6.07, 6.45) is 0.302. The Balaban J connectivity index is 2.66. The molecular formula is C14H22N2O4. The molecule has 0 aliphatic rings. The van der Waals surface area contributed by atoms with Gasteiger partial charge in [-0.05, 0) is 31.0 Å². The van der Waals surface area contributed by atoms with Crippen molar-refractivity contribution < 1.29 is 19.7 Å². The molecule has 1 amide bonds. The molecule has 0 aromatic heterocycles. The number of rotatable bonds is 7. The Morgan fingerprint density at radius 3 is 2.65 bits per heavy atom. The lowest BCUT2D eigenvalue weighted by atomic mass is 10.0. The van der Waals surface area contributed by atoms with Crippen LogP contribution in [-0.2, 0) is 16.0 Å². The van der Waals surface area contributed by atoms with Gasteiger partial charge in [-0.3, -0.25) is 4.79 Å². The van der Waals surface area contributed by atoms with Gasteiger partial charge in [0.25, 0.3) is 0 Å². The highest BCUT2D eigenvalue weighted by Crippen LogP contribution is 2.25. The van der Waals surface area contributed by atoms with Gasteiger partial charge in [0.05, 0.1) is 12.6 Å². The molecule has 1 rings (SSSR count). The first-order valence-corrected chi connectivity index (χ1v) is 6.53. The minimum Gasteiger partial charge on any atom is -0.504 e. The second-order valence-corrected chi connectivity index (χ2v) is 4.54. The van der Waals surface area contributed by atoms with Crippen LogP contribution in [0.15, 0.2) is 18.2 Å². The fourth-order valence-corrected chi connectivity index (χ4v) is 1.90. The lowest BCUT2D eigenvalue weighted by molar-refractivity contribution is -0.133. The van der Waals surface area contributed by atoms with E-state index in [1.54, 1.807) is 18.1 Å². The van der Waals surface area contributed by atoms with E-state index in [1.807, 2.05) is 6.92 Å². The first-order valence-electron chi connectivity index (χ1n) is 6.53. The number of phenols is 2. The van der Waals surface area contributed by atoms with E-state index in [-0.39, 0.29) is 17.4 Å². The molecule has 0 heterocycles. The van der Waals surface area contributed by atoms with Crippen LogP contribution < -0.4 is 5.73 Å². The summed E-state index contributed by atoms with van der Waals surface area (Å²) in [5, 5.41) is 18.7. The predicted molar refractivity (Wildman–Crippen MR) is 75.6 cm³/mol. The molecular weight excluding hydrogens is 260 g/mol. The highest BCUT2D eigenvalue weighted by Gasteiger charge is 2.20. The van der Waals surface area contributed by atoms with Crippen molar-refractivity contribution in [2.75, 3.05) is 26.8 Å². The third kappa shape index (κ3) is 4.40. The molecule has 112 valence electrons. The van der Waals surface area contributed by atoms with E-state index >= 15 is 0 Å². The lowest BCUT2D eigenvalue weighted by Crippen LogP contribution is -2.46.